The zero-order valence-corrected chi connectivity index (χ0v) is 11.2. The van der Waals surface area contributed by atoms with Crippen LogP contribution in [-0.4, -0.2) is 26.4 Å². The molecule has 0 aliphatic carbocycles. The Morgan fingerprint density at radius 2 is 1.82 bits per heavy atom. The van der Waals surface area contributed by atoms with Crippen molar-refractivity contribution in [2.45, 2.75) is 32.5 Å². The Bertz CT molecular complexity index is 337. The van der Waals surface area contributed by atoms with Gasteiger partial charge in [-0.25, -0.2) is 0 Å². The van der Waals surface area contributed by atoms with Gasteiger partial charge >= 0.3 is 0 Å². The number of methoxy groups -OCH3 is 2. The number of hydrogen-bond donors (Lipinski definition) is 1. The summed E-state index contributed by atoms with van der Waals surface area (Å²) in [4.78, 5) is 0. The van der Waals surface area contributed by atoms with E-state index in [-0.39, 0.29) is 5.54 Å². The van der Waals surface area contributed by atoms with Gasteiger partial charge in [0.15, 0.2) is 0 Å². The minimum atomic E-state index is -0.00793. The van der Waals surface area contributed by atoms with Gasteiger partial charge in [-0.05, 0) is 25.0 Å². The molecule has 0 aromatic heterocycles. The molecule has 17 heavy (non-hydrogen) atoms. The van der Waals surface area contributed by atoms with E-state index in [2.05, 4.69) is 43.4 Å². The molecule has 0 saturated carbocycles. The highest BCUT2D eigenvalue weighted by Crippen LogP contribution is 2.09. The van der Waals surface area contributed by atoms with Crippen LogP contribution in [0.3, 0.4) is 0 Å². The second kappa shape index (κ2) is 6.74. The van der Waals surface area contributed by atoms with Crippen LogP contribution in [0.5, 0.6) is 0 Å². The summed E-state index contributed by atoms with van der Waals surface area (Å²) in [6, 6.07) is 8.43. The first-order valence-electron chi connectivity index (χ1n) is 5.88. The molecule has 3 heteroatoms. The molecule has 1 rings (SSSR count). The van der Waals surface area contributed by atoms with Crippen LogP contribution in [0.4, 0.5) is 0 Å². The van der Waals surface area contributed by atoms with Crippen LogP contribution in [0.25, 0.3) is 0 Å². The molecule has 0 spiro atoms. The van der Waals surface area contributed by atoms with Crippen molar-refractivity contribution in [1.29, 1.82) is 0 Å². The molecule has 1 aromatic rings. The van der Waals surface area contributed by atoms with E-state index in [1.807, 2.05) is 0 Å². The maximum Gasteiger partial charge on any atom is 0.0713 e. The Kier molecular flexibility index (Phi) is 5.62. The second-order valence-corrected chi connectivity index (χ2v) is 4.92. The van der Waals surface area contributed by atoms with E-state index >= 15 is 0 Å². The molecular formula is C14H23NO2. The fraction of sp³-hybridized carbons (Fsp3) is 0.571. The zero-order valence-electron chi connectivity index (χ0n) is 11.2. The third kappa shape index (κ3) is 5.31. The first kappa shape index (κ1) is 14.2. The standard InChI is InChI=1S/C14H23NO2/c1-14(2,11-17-4)15-9-12-6-5-7-13(8-12)10-16-3/h5-8,15H,9-11H2,1-4H3. The molecule has 0 heterocycles. The van der Waals surface area contributed by atoms with E-state index in [0.29, 0.717) is 13.2 Å². The van der Waals surface area contributed by atoms with Gasteiger partial charge in [0.05, 0.1) is 13.2 Å². The van der Waals surface area contributed by atoms with Gasteiger partial charge in [-0.15, -0.1) is 0 Å². The van der Waals surface area contributed by atoms with E-state index in [9.17, 15) is 0 Å². The molecule has 3 nitrogen and oxygen atoms in total. The highest BCUT2D eigenvalue weighted by Gasteiger charge is 2.16. The monoisotopic (exact) mass is 237 g/mol. The van der Waals surface area contributed by atoms with Crippen LogP contribution >= 0.6 is 0 Å². The minimum Gasteiger partial charge on any atom is -0.383 e. The average Bonchev–Trinajstić information content (AvgIpc) is 2.28. The molecule has 0 fully saturated rings. The number of rotatable bonds is 7. The summed E-state index contributed by atoms with van der Waals surface area (Å²) in [6.45, 7) is 6.47. The predicted molar refractivity (Wildman–Crippen MR) is 69.9 cm³/mol. The lowest BCUT2D eigenvalue weighted by molar-refractivity contribution is 0.127. The molecule has 0 radical (unpaired) electrons. The normalized spacial score (nSPS) is 11.8. The van der Waals surface area contributed by atoms with E-state index in [4.69, 9.17) is 9.47 Å². The lowest BCUT2D eigenvalue weighted by atomic mass is 10.1. The Balaban J connectivity index is 2.53. The smallest absolute Gasteiger partial charge is 0.0713 e. The SMILES string of the molecule is COCc1cccc(CNC(C)(C)COC)c1. The summed E-state index contributed by atoms with van der Waals surface area (Å²) in [5.41, 5.74) is 2.46. The molecule has 1 N–H and O–H groups in total. The molecule has 0 unspecified atom stereocenters. The van der Waals surface area contributed by atoms with Crippen LogP contribution in [-0.2, 0) is 22.6 Å². The Morgan fingerprint density at radius 1 is 1.12 bits per heavy atom. The third-order valence-corrected chi connectivity index (χ3v) is 2.58. The van der Waals surface area contributed by atoms with Crippen molar-refractivity contribution in [1.82, 2.24) is 5.32 Å². The number of benzene rings is 1. The van der Waals surface area contributed by atoms with Crippen molar-refractivity contribution in [3.8, 4) is 0 Å². The summed E-state index contributed by atoms with van der Waals surface area (Å²) in [5.74, 6) is 0. The van der Waals surface area contributed by atoms with Gasteiger partial charge in [0.25, 0.3) is 0 Å². The van der Waals surface area contributed by atoms with E-state index in [0.717, 1.165) is 6.54 Å². The van der Waals surface area contributed by atoms with E-state index < -0.39 is 0 Å². The zero-order chi connectivity index (χ0) is 12.7. The average molecular weight is 237 g/mol. The van der Waals surface area contributed by atoms with Gasteiger partial charge in [0.1, 0.15) is 0 Å². The maximum atomic E-state index is 5.17. The number of hydrogen-bond acceptors (Lipinski definition) is 3. The largest absolute Gasteiger partial charge is 0.383 e. The highest BCUT2D eigenvalue weighted by atomic mass is 16.5. The number of nitrogens with one attached hydrogen (secondary N) is 1. The van der Waals surface area contributed by atoms with Gasteiger partial charge in [0, 0.05) is 26.3 Å². The van der Waals surface area contributed by atoms with Gasteiger partial charge in [-0.2, -0.15) is 0 Å². The van der Waals surface area contributed by atoms with Gasteiger partial charge in [-0.1, -0.05) is 24.3 Å². The fourth-order valence-corrected chi connectivity index (χ4v) is 1.75. The Morgan fingerprint density at radius 3 is 2.47 bits per heavy atom. The molecule has 0 saturated heterocycles. The molecular weight excluding hydrogens is 214 g/mol. The predicted octanol–water partition coefficient (Wildman–Crippen LogP) is 2.35. The molecule has 0 aliphatic heterocycles. The third-order valence-electron chi connectivity index (χ3n) is 2.58. The molecule has 0 bridgehead atoms. The van der Waals surface area contributed by atoms with Crippen LogP contribution in [0, 0.1) is 0 Å². The highest BCUT2D eigenvalue weighted by molar-refractivity contribution is 5.23. The van der Waals surface area contributed by atoms with Crippen LogP contribution in [0.2, 0.25) is 0 Å². The lowest BCUT2D eigenvalue weighted by Crippen LogP contribution is -2.42. The maximum absolute atomic E-state index is 5.17. The van der Waals surface area contributed by atoms with Crippen LogP contribution in [0.15, 0.2) is 24.3 Å². The number of ether oxygens (including phenoxy) is 2. The van der Waals surface area contributed by atoms with Crippen molar-refractivity contribution < 1.29 is 9.47 Å². The van der Waals surface area contributed by atoms with Crippen molar-refractivity contribution in [3.05, 3.63) is 35.4 Å². The van der Waals surface area contributed by atoms with Crippen molar-refractivity contribution >= 4 is 0 Å². The summed E-state index contributed by atoms with van der Waals surface area (Å²) < 4.78 is 10.3. The summed E-state index contributed by atoms with van der Waals surface area (Å²) in [6.07, 6.45) is 0. The quantitative estimate of drug-likeness (QED) is 0.789. The van der Waals surface area contributed by atoms with Gasteiger partial charge in [0.2, 0.25) is 0 Å². The Hall–Kier alpha value is -0.900. The summed E-state index contributed by atoms with van der Waals surface area (Å²) >= 11 is 0. The minimum absolute atomic E-state index is 0.00793. The lowest BCUT2D eigenvalue weighted by Gasteiger charge is -2.25. The first-order valence-corrected chi connectivity index (χ1v) is 5.88. The van der Waals surface area contributed by atoms with E-state index in [1.165, 1.54) is 11.1 Å². The van der Waals surface area contributed by atoms with E-state index in [1.54, 1.807) is 14.2 Å². The molecule has 96 valence electrons. The van der Waals surface area contributed by atoms with Crippen molar-refractivity contribution in [3.63, 3.8) is 0 Å². The van der Waals surface area contributed by atoms with Gasteiger partial charge < -0.3 is 14.8 Å². The fourth-order valence-electron chi connectivity index (χ4n) is 1.75. The molecule has 1 aromatic carbocycles. The van der Waals surface area contributed by atoms with Crippen LogP contribution < -0.4 is 5.32 Å². The van der Waals surface area contributed by atoms with Crippen molar-refractivity contribution in [2.75, 3.05) is 20.8 Å². The van der Waals surface area contributed by atoms with Crippen LogP contribution in [0.1, 0.15) is 25.0 Å². The summed E-state index contributed by atoms with van der Waals surface area (Å²) in [5, 5.41) is 3.48. The van der Waals surface area contributed by atoms with Crippen molar-refractivity contribution in [2.24, 2.45) is 0 Å². The van der Waals surface area contributed by atoms with Gasteiger partial charge in [-0.3, -0.25) is 0 Å². The molecule has 0 aliphatic rings. The Labute approximate surface area is 104 Å². The second-order valence-electron chi connectivity index (χ2n) is 4.92. The molecule has 0 atom stereocenters. The first-order chi connectivity index (χ1) is 8.07. The summed E-state index contributed by atoms with van der Waals surface area (Å²) in [7, 11) is 3.44. The topological polar surface area (TPSA) is 30.5 Å². The molecule has 0 amide bonds.